The third-order valence-corrected chi connectivity index (χ3v) is 2.84. The molecular formula is C16H18N2O4. The van der Waals surface area contributed by atoms with Gasteiger partial charge < -0.3 is 15.2 Å². The average Bonchev–Trinajstić information content (AvgIpc) is 2.48. The quantitative estimate of drug-likeness (QED) is 0.360. The molecule has 1 aromatic carbocycles. The molecule has 1 amide bonds. The summed E-state index contributed by atoms with van der Waals surface area (Å²) in [6, 6.07) is 9.86. The predicted octanol–water partition coefficient (Wildman–Crippen LogP) is 1.63. The van der Waals surface area contributed by atoms with Crippen LogP contribution in [0.15, 0.2) is 41.7 Å². The van der Waals surface area contributed by atoms with Gasteiger partial charge in [-0.15, -0.1) is 0 Å². The molecule has 6 heteroatoms. The van der Waals surface area contributed by atoms with Crippen LogP contribution >= 0.6 is 0 Å². The highest BCUT2D eigenvalue weighted by atomic mass is 16.5. The number of ether oxygens (including phenoxy) is 1. The van der Waals surface area contributed by atoms with Crippen LogP contribution in [0.2, 0.25) is 0 Å². The van der Waals surface area contributed by atoms with E-state index in [0.29, 0.717) is 0 Å². The Bertz CT molecular complexity index is 602. The molecule has 2 N–H and O–H groups in total. The molecule has 22 heavy (non-hydrogen) atoms. The van der Waals surface area contributed by atoms with E-state index < -0.39 is 23.3 Å². The zero-order chi connectivity index (χ0) is 16.5. The maximum atomic E-state index is 11.7. The Morgan fingerprint density at radius 1 is 1.36 bits per heavy atom. The standard InChI is InChI=1S/C16H18N2O4/c1-3-22-16(21)13(10-17)15(20)14(18-11(2)19)9-12-7-5-4-6-8-12/h4-8,14,20H,3,9H2,1-2H3,(H,18,19)/b15-13-/t14-/m0/s1. The summed E-state index contributed by atoms with van der Waals surface area (Å²) >= 11 is 0. The molecule has 1 aromatic rings. The molecule has 6 nitrogen and oxygen atoms in total. The number of aliphatic hydroxyl groups excluding tert-OH is 1. The molecule has 0 radical (unpaired) electrons. The van der Waals surface area contributed by atoms with Crippen molar-refractivity contribution in [3.63, 3.8) is 0 Å². The van der Waals surface area contributed by atoms with Gasteiger partial charge >= 0.3 is 5.97 Å². The number of amides is 1. The number of aliphatic hydroxyl groups is 1. The van der Waals surface area contributed by atoms with Crippen LogP contribution in [-0.2, 0) is 20.7 Å². The Labute approximate surface area is 129 Å². The van der Waals surface area contributed by atoms with E-state index in [1.54, 1.807) is 13.0 Å². The average molecular weight is 302 g/mol. The number of hydrogen-bond acceptors (Lipinski definition) is 5. The van der Waals surface area contributed by atoms with Crippen molar-refractivity contribution in [1.82, 2.24) is 5.32 Å². The highest BCUT2D eigenvalue weighted by Crippen LogP contribution is 2.13. The summed E-state index contributed by atoms with van der Waals surface area (Å²) in [5.74, 6) is -1.79. The molecule has 0 spiro atoms. The molecule has 0 fully saturated rings. The fourth-order valence-corrected chi connectivity index (χ4v) is 1.90. The molecule has 1 atom stereocenters. The molecular weight excluding hydrogens is 284 g/mol. The van der Waals surface area contributed by atoms with Gasteiger partial charge in [0.05, 0.1) is 12.6 Å². The number of carbonyl (C=O) groups is 2. The third kappa shape index (κ3) is 4.94. The van der Waals surface area contributed by atoms with Crippen LogP contribution in [0.1, 0.15) is 19.4 Å². The predicted molar refractivity (Wildman–Crippen MR) is 79.7 cm³/mol. The number of carbonyl (C=O) groups excluding carboxylic acids is 2. The van der Waals surface area contributed by atoms with Crippen molar-refractivity contribution in [3.8, 4) is 6.07 Å². The smallest absolute Gasteiger partial charge is 0.352 e. The summed E-state index contributed by atoms with van der Waals surface area (Å²) in [6.07, 6.45) is 0.247. The Hall–Kier alpha value is -2.81. The first-order chi connectivity index (χ1) is 10.5. The molecule has 0 saturated heterocycles. The van der Waals surface area contributed by atoms with E-state index in [0.717, 1.165) is 5.56 Å². The SMILES string of the molecule is CCOC(=O)/C(C#N)=C(\O)[C@H](Cc1ccccc1)NC(C)=O. The van der Waals surface area contributed by atoms with E-state index in [2.05, 4.69) is 5.32 Å². The number of esters is 1. The molecule has 1 rings (SSSR count). The summed E-state index contributed by atoms with van der Waals surface area (Å²) in [7, 11) is 0. The van der Waals surface area contributed by atoms with Crippen molar-refractivity contribution < 1.29 is 19.4 Å². The second-order valence-electron chi connectivity index (χ2n) is 4.54. The molecule has 0 bridgehead atoms. The number of nitrogens with zero attached hydrogens (tertiary/aromatic N) is 1. The Balaban J connectivity index is 3.11. The fourth-order valence-electron chi connectivity index (χ4n) is 1.90. The third-order valence-electron chi connectivity index (χ3n) is 2.84. The molecule has 0 unspecified atom stereocenters. The first-order valence-corrected chi connectivity index (χ1v) is 6.81. The zero-order valence-corrected chi connectivity index (χ0v) is 12.5. The highest BCUT2D eigenvalue weighted by Gasteiger charge is 2.24. The lowest BCUT2D eigenvalue weighted by atomic mass is 10.0. The maximum absolute atomic E-state index is 11.7. The van der Waals surface area contributed by atoms with Crippen molar-refractivity contribution in [2.75, 3.05) is 6.61 Å². The zero-order valence-electron chi connectivity index (χ0n) is 12.5. The second kappa shape index (κ2) is 8.47. The lowest BCUT2D eigenvalue weighted by Crippen LogP contribution is -2.37. The normalized spacial score (nSPS) is 12.6. The minimum absolute atomic E-state index is 0.0841. The van der Waals surface area contributed by atoms with Gasteiger partial charge in [0, 0.05) is 6.92 Å². The minimum atomic E-state index is -0.911. The van der Waals surface area contributed by atoms with Crippen molar-refractivity contribution >= 4 is 11.9 Å². The summed E-state index contributed by atoms with van der Waals surface area (Å²) in [5, 5.41) is 21.8. The molecule has 0 aliphatic rings. The van der Waals surface area contributed by atoms with Crippen molar-refractivity contribution in [2.24, 2.45) is 0 Å². The Morgan fingerprint density at radius 2 is 2.00 bits per heavy atom. The summed E-state index contributed by atoms with van der Waals surface area (Å²) < 4.78 is 4.73. The van der Waals surface area contributed by atoms with Gasteiger partial charge in [-0.25, -0.2) is 4.79 Å². The van der Waals surface area contributed by atoms with Crippen molar-refractivity contribution in [1.29, 1.82) is 5.26 Å². The van der Waals surface area contributed by atoms with Crippen LogP contribution in [0, 0.1) is 11.3 Å². The fraction of sp³-hybridized carbons (Fsp3) is 0.312. The number of benzene rings is 1. The van der Waals surface area contributed by atoms with Gasteiger partial charge in [0.2, 0.25) is 5.91 Å². The Kier molecular flexibility index (Phi) is 6.64. The highest BCUT2D eigenvalue weighted by molar-refractivity contribution is 5.93. The van der Waals surface area contributed by atoms with Crippen LogP contribution in [0.25, 0.3) is 0 Å². The van der Waals surface area contributed by atoms with Gasteiger partial charge in [-0.2, -0.15) is 5.26 Å². The van der Waals surface area contributed by atoms with Gasteiger partial charge in [-0.05, 0) is 18.9 Å². The van der Waals surface area contributed by atoms with Crippen LogP contribution < -0.4 is 5.32 Å². The van der Waals surface area contributed by atoms with Gasteiger partial charge in [-0.3, -0.25) is 4.79 Å². The van der Waals surface area contributed by atoms with Gasteiger partial charge in [0.25, 0.3) is 0 Å². The lowest BCUT2D eigenvalue weighted by Gasteiger charge is -2.18. The summed E-state index contributed by atoms with van der Waals surface area (Å²) in [4.78, 5) is 23.0. The number of nitriles is 1. The first kappa shape index (κ1) is 17.2. The molecule has 116 valence electrons. The molecule has 0 heterocycles. The Morgan fingerprint density at radius 3 is 2.50 bits per heavy atom. The number of nitrogens with one attached hydrogen (secondary N) is 1. The minimum Gasteiger partial charge on any atom is -0.508 e. The van der Waals surface area contributed by atoms with Gasteiger partial charge in [-0.1, -0.05) is 30.3 Å². The number of hydrogen-bond donors (Lipinski definition) is 2. The van der Waals surface area contributed by atoms with Crippen molar-refractivity contribution in [3.05, 3.63) is 47.2 Å². The number of rotatable bonds is 6. The molecule has 0 aliphatic heterocycles. The van der Waals surface area contributed by atoms with Crippen LogP contribution in [-0.4, -0.2) is 29.6 Å². The first-order valence-electron chi connectivity index (χ1n) is 6.81. The van der Waals surface area contributed by atoms with Crippen LogP contribution in [0.5, 0.6) is 0 Å². The molecule has 0 aromatic heterocycles. The molecule has 0 saturated carbocycles. The van der Waals surface area contributed by atoms with E-state index in [1.807, 2.05) is 30.3 Å². The lowest BCUT2D eigenvalue weighted by molar-refractivity contribution is -0.138. The summed E-state index contributed by atoms with van der Waals surface area (Å²) in [5.41, 5.74) is 0.338. The summed E-state index contributed by atoms with van der Waals surface area (Å²) in [6.45, 7) is 2.97. The largest absolute Gasteiger partial charge is 0.508 e. The van der Waals surface area contributed by atoms with E-state index in [-0.39, 0.29) is 18.9 Å². The van der Waals surface area contributed by atoms with Crippen LogP contribution in [0.3, 0.4) is 0 Å². The van der Waals surface area contributed by atoms with E-state index in [1.165, 1.54) is 6.92 Å². The monoisotopic (exact) mass is 302 g/mol. The van der Waals surface area contributed by atoms with Gasteiger partial charge in [0.15, 0.2) is 5.57 Å². The van der Waals surface area contributed by atoms with E-state index in [9.17, 15) is 14.7 Å². The van der Waals surface area contributed by atoms with E-state index >= 15 is 0 Å². The van der Waals surface area contributed by atoms with Crippen molar-refractivity contribution in [2.45, 2.75) is 26.3 Å². The topological polar surface area (TPSA) is 99.4 Å². The van der Waals surface area contributed by atoms with E-state index in [4.69, 9.17) is 10.00 Å². The second-order valence-corrected chi connectivity index (χ2v) is 4.54. The molecule has 0 aliphatic carbocycles. The van der Waals surface area contributed by atoms with Gasteiger partial charge in [0.1, 0.15) is 11.8 Å². The maximum Gasteiger partial charge on any atom is 0.352 e. The van der Waals surface area contributed by atoms with Crippen LogP contribution in [0.4, 0.5) is 0 Å².